The number of amides is 1. The van der Waals surface area contributed by atoms with Gasteiger partial charge in [-0.1, -0.05) is 18.2 Å². The molecular formula is C21H29NO3. The normalized spacial score (nSPS) is 23.3. The highest BCUT2D eigenvalue weighted by Gasteiger charge is 2.40. The van der Waals surface area contributed by atoms with Crippen molar-refractivity contribution in [1.29, 1.82) is 0 Å². The molecule has 2 aliphatic rings. The monoisotopic (exact) mass is 343 g/mol. The predicted octanol–water partition coefficient (Wildman–Crippen LogP) is 4.40. The van der Waals surface area contributed by atoms with Gasteiger partial charge in [-0.15, -0.1) is 0 Å². The summed E-state index contributed by atoms with van der Waals surface area (Å²) in [5.74, 6) is 0. The van der Waals surface area contributed by atoms with Crippen LogP contribution in [-0.2, 0) is 9.47 Å². The second-order valence-corrected chi connectivity index (χ2v) is 8.29. The summed E-state index contributed by atoms with van der Waals surface area (Å²) in [5, 5.41) is 0. The zero-order chi connectivity index (χ0) is 18.4. The number of hydrogen-bond donors (Lipinski definition) is 0. The first-order valence-corrected chi connectivity index (χ1v) is 9.03. The second kappa shape index (κ2) is 6.49. The minimum absolute atomic E-state index is 0.0367. The van der Waals surface area contributed by atoms with Crippen LogP contribution in [0, 0.1) is 20.8 Å². The zero-order valence-corrected chi connectivity index (χ0v) is 16.2. The molecule has 0 aliphatic carbocycles. The molecule has 4 nitrogen and oxygen atoms in total. The Labute approximate surface area is 150 Å². The van der Waals surface area contributed by atoms with Crippen LogP contribution in [0.5, 0.6) is 0 Å². The van der Waals surface area contributed by atoms with Crippen LogP contribution in [0.3, 0.4) is 0 Å². The number of rotatable bonds is 1. The summed E-state index contributed by atoms with van der Waals surface area (Å²) < 4.78 is 11.3. The lowest BCUT2D eigenvalue weighted by Gasteiger charge is -2.44. The molecule has 136 valence electrons. The van der Waals surface area contributed by atoms with Crippen molar-refractivity contribution >= 4 is 11.7 Å². The van der Waals surface area contributed by atoms with Gasteiger partial charge < -0.3 is 9.47 Å². The molecule has 1 amide bonds. The van der Waals surface area contributed by atoms with Crippen LogP contribution in [0.2, 0.25) is 0 Å². The molecule has 0 N–H and O–H groups in total. The van der Waals surface area contributed by atoms with Crippen LogP contribution >= 0.6 is 0 Å². The Balaban J connectivity index is 1.92. The smallest absolute Gasteiger partial charge is 0.411 e. The predicted molar refractivity (Wildman–Crippen MR) is 99.7 cm³/mol. The highest BCUT2D eigenvalue weighted by molar-refractivity contribution is 5.76. The van der Waals surface area contributed by atoms with E-state index in [-0.39, 0.29) is 18.2 Å². The Kier molecular flexibility index (Phi) is 4.67. The van der Waals surface area contributed by atoms with Gasteiger partial charge in [0.15, 0.2) is 0 Å². The molecule has 2 atom stereocenters. The first-order chi connectivity index (χ1) is 11.7. The van der Waals surface area contributed by atoms with Gasteiger partial charge in [0.05, 0.1) is 25.3 Å². The molecule has 2 aliphatic heterocycles. The Bertz CT molecular complexity index is 715. The minimum Gasteiger partial charge on any atom is -0.444 e. The van der Waals surface area contributed by atoms with Crippen molar-refractivity contribution < 1.29 is 14.3 Å². The summed E-state index contributed by atoms with van der Waals surface area (Å²) in [6.07, 6.45) is 2.76. The van der Waals surface area contributed by atoms with Crippen molar-refractivity contribution in [3.8, 4) is 0 Å². The molecule has 1 saturated heterocycles. The van der Waals surface area contributed by atoms with E-state index in [0.29, 0.717) is 13.2 Å². The molecule has 0 radical (unpaired) electrons. The van der Waals surface area contributed by atoms with E-state index in [2.05, 4.69) is 39.0 Å². The fourth-order valence-corrected chi connectivity index (χ4v) is 3.70. The molecule has 2 heterocycles. The lowest BCUT2D eigenvalue weighted by atomic mass is 9.86. The van der Waals surface area contributed by atoms with Gasteiger partial charge in [-0.3, -0.25) is 4.90 Å². The number of fused-ring (bicyclic) bond motifs is 2. The van der Waals surface area contributed by atoms with Gasteiger partial charge in [0.25, 0.3) is 0 Å². The first kappa shape index (κ1) is 18.0. The maximum Gasteiger partial charge on any atom is 0.411 e. The summed E-state index contributed by atoms with van der Waals surface area (Å²) >= 11 is 0. The quantitative estimate of drug-likeness (QED) is 0.758. The van der Waals surface area contributed by atoms with Gasteiger partial charge in [-0.2, -0.15) is 0 Å². The summed E-state index contributed by atoms with van der Waals surface area (Å²) in [7, 11) is 0. The Hall–Kier alpha value is -1.81. The van der Waals surface area contributed by atoms with E-state index < -0.39 is 5.60 Å². The van der Waals surface area contributed by atoms with Crippen LogP contribution in [-0.4, -0.2) is 41.9 Å². The van der Waals surface area contributed by atoms with Crippen molar-refractivity contribution in [3.63, 3.8) is 0 Å². The second-order valence-electron chi connectivity index (χ2n) is 8.29. The number of morpholine rings is 1. The topological polar surface area (TPSA) is 38.8 Å². The Morgan fingerprint density at radius 2 is 1.80 bits per heavy atom. The van der Waals surface area contributed by atoms with Crippen LogP contribution in [0.1, 0.15) is 49.4 Å². The van der Waals surface area contributed by atoms with Gasteiger partial charge in [-0.25, -0.2) is 4.79 Å². The molecule has 4 heteroatoms. The maximum absolute atomic E-state index is 12.7. The maximum atomic E-state index is 12.7. The average Bonchev–Trinajstić information content (AvgIpc) is 2.47. The molecule has 2 unspecified atom stereocenters. The van der Waals surface area contributed by atoms with Crippen molar-refractivity contribution in [3.05, 3.63) is 40.5 Å². The number of benzene rings is 1. The van der Waals surface area contributed by atoms with E-state index in [1.54, 1.807) is 0 Å². The first-order valence-electron chi connectivity index (χ1n) is 9.03. The van der Waals surface area contributed by atoms with Gasteiger partial charge in [0, 0.05) is 0 Å². The lowest BCUT2D eigenvalue weighted by molar-refractivity contribution is -0.0510. The highest BCUT2D eigenvalue weighted by Crippen LogP contribution is 2.35. The van der Waals surface area contributed by atoms with Crippen LogP contribution in [0.4, 0.5) is 4.79 Å². The van der Waals surface area contributed by atoms with Crippen LogP contribution < -0.4 is 0 Å². The minimum atomic E-state index is -0.485. The van der Waals surface area contributed by atoms with E-state index in [0.717, 1.165) is 6.42 Å². The van der Waals surface area contributed by atoms with Gasteiger partial charge in [-0.05, 0) is 75.8 Å². The number of ether oxygens (including phenoxy) is 2. The Morgan fingerprint density at radius 3 is 2.44 bits per heavy atom. The van der Waals surface area contributed by atoms with E-state index in [1.165, 1.54) is 27.8 Å². The molecule has 1 fully saturated rings. The molecule has 1 aromatic rings. The van der Waals surface area contributed by atoms with Gasteiger partial charge in [0.1, 0.15) is 5.60 Å². The van der Waals surface area contributed by atoms with Crippen molar-refractivity contribution in [1.82, 2.24) is 4.90 Å². The summed E-state index contributed by atoms with van der Waals surface area (Å²) in [4.78, 5) is 14.5. The number of aryl methyl sites for hydroxylation is 3. The summed E-state index contributed by atoms with van der Waals surface area (Å²) in [6, 6.07) is 4.50. The lowest BCUT2D eigenvalue weighted by Crippen LogP contribution is -2.57. The van der Waals surface area contributed by atoms with Crippen molar-refractivity contribution in [2.24, 2.45) is 0 Å². The third kappa shape index (κ3) is 3.74. The fourth-order valence-electron chi connectivity index (χ4n) is 3.70. The zero-order valence-electron chi connectivity index (χ0n) is 16.2. The van der Waals surface area contributed by atoms with E-state index in [9.17, 15) is 4.79 Å². The SMILES string of the molecule is Cc1cc(C)c(C2=CC3COCC(C2)N3C(=O)OC(C)(C)C)cc1C. The third-order valence-electron chi connectivity index (χ3n) is 4.99. The summed E-state index contributed by atoms with van der Waals surface area (Å²) in [5.41, 5.74) is 6.04. The molecule has 0 saturated carbocycles. The average molecular weight is 343 g/mol. The molecular weight excluding hydrogens is 314 g/mol. The number of nitrogens with zero attached hydrogens (tertiary/aromatic N) is 1. The van der Waals surface area contributed by atoms with Crippen LogP contribution in [0.25, 0.3) is 5.57 Å². The standard InChI is InChI=1S/C21H29NO3/c1-13-7-15(3)19(8-14(13)2)16-9-17-11-24-12-18(10-16)22(17)20(23)25-21(4,5)6/h7-9,17-18H,10-12H2,1-6H3. The third-order valence-corrected chi connectivity index (χ3v) is 4.99. The number of carbonyl (C=O) groups is 1. The highest BCUT2D eigenvalue weighted by atomic mass is 16.6. The molecule has 25 heavy (non-hydrogen) atoms. The van der Waals surface area contributed by atoms with Crippen molar-refractivity contribution in [2.45, 2.75) is 65.6 Å². The molecule has 1 aromatic carbocycles. The van der Waals surface area contributed by atoms with Gasteiger partial charge >= 0.3 is 6.09 Å². The fraction of sp³-hybridized carbons (Fsp3) is 0.571. The van der Waals surface area contributed by atoms with E-state index in [1.807, 2.05) is 25.7 Å². The number of carbonyl (C=O) groups excluding carboxylic acids is 1. The molecule has 2 bridgehead atoms. The van der Waals surface area contributed by atoms with E-state index in [4.69, 9.17) is 9.47 Å². The summed E-state index contributed by atoms with van der Waals surface area (Å²) in [6.45, 7) is 13.3. The van der Waals surface area contributed by atoms with Gasteiger partial charge in [0.2, 0.25) is 0 Å². The largest absolute Gasteiger partial charge is 0.444 e. The molecule has 0 spiro atoms. The Morgan fingerprint density at radius 1 is 1.12 bits per heavy atom. The van der Waals surface area contributed by atoms with E-state index >= 15 is 0 Å². The van der Waals surface area contributed by atoms with Crippen molar-refractivity contribution in [2.75, 3.05) is 13.2 Å². The van der Waals surface area contributed by atoms with Crippen LogP contribution in [0.15, 0.2) is 18.2 Å². The molecule has 3 rings (SSSR count). The molecule has 0 aromatic heterocycles. The number of hydrogen-bond acceptors (Lipinski definition) is 3.